The van der Waals surface area contributed by atoms with Gasteiger partial charge in [-0.1, -0.05) is 18.2 Å². The molecule has 5 nitrogen and oxygen atoms in total. The summed E-state index contributed by atoms with van der Waals surface area (Å²) in [5.74, 6) is -0.323. The Labute approximate surface area is 130 Å². The summed E-state index contributed by atoms with van der Waals surface area (Å²) < 4.78 is 22.8. The Morgan fingerprint density at radius 3 is 2.64 bits per heavy atom. The molecule has 0 saturated carbocycles. The maximum atomic E-state index is 12.2. The van der Waals surface area contributed by atoms with Crippen molar-refractivity contribution in [2.24, 2.45) is 5.92 Å². The molecule has 22 heavy (non-hydrogen) atoms. The minimum absolute atomic E-state index is 0.0359. The van der Waals surface area contributed by atoms with E-state index in [2.05, 4.69) is 10.2 Å². The van der Waals surface area contributed by atoms with Gasteiger partial charge in [-0.15, -0.1) is 0 Å². The Kier molecular flexibility index (Phi) is 4.20. The lowest BCUT2D eigenvalue weighted by Crippen LogP contribution is -2.22. The van der Waals surface area contributed by atoms with Gasteiger partial charge in [0.15, 0.2) is 9.84 Å². The van der Waals surface area contributed by atoms with E-state index in [1.165, 1.54) is 18.2 Å². The SMILES string of the molecule is O=C(CC1C=CS(=O)(=O)C1)Nc1ccccc1N1CCCC1. The molecule has 6 heteroatoms. The zero-order chi connectivity index (χ0) is 15.6. The molecule has 0 spiro atoms. The number of para-hydroxylation sites is 2. The summed E-state index contributed by atoms with van der Waals surface area (Å²) >= 11 is 0. The number of benzene rings is 1. The third-order valence-electron chi connectivity index (χ3n) is 4.08. The van der Waals surface area contributed by atoms with Gasteiger partial charge in [0.1, 0.15) is 0 Å². The van der Waals surface area contributed by atoms with Crippen LogP contribution in [0.2, 0.25) is 0 Å². The van der Waals surface area contributed by atoms with Gasteiger partial charge < -0.3 is 10.2 Å². The lowest BCUT2D eigenvalue weighted by atomic mass is 10.1. The summed E-state index contributed by atoms with van der Waals surface area (Å²) in [7, 11) is -3.10. The van der Waals surface area contributed by atoms with Gasteiger partial charge in [-0.05, 0) is 25.0 Å². The molecule has 0 aromatic heterocycles. The summed E-state index contributed by atoms with van der Waals surface area (Å²) in [6.45, 7) is 2.02. The van der Waals surface area contributed by atoms with Crippen LogP contribution in [0.25, 0.3) is 0 Å². The molecule has 1 aromatic rings. The van der Waals surface area contributed by atoms with Crippen molar-refractivity contribution in [2.75, 3.05) is 29.1 Å². The Morgan fingerprint density at radius 1 is 1.23 bits per heavy atom. The normalized spacial score (nSPS) is 22.9. The van der Waals surface area contributed by atoms with Crippen molar-refractivity contribution in [3.05, 3.63) is 35.7 Å². The van der Waals surface area contributed by atoms with Gasteiger partial charge in [-0.3, -0.25) is 4.79 Å². The van der Waals surface area contributed by atoms with Gasteiger partial charge in [0.25, 0.3) is 0 Å². The highest BCUT2D eigenvalue weighted by Gasteiger charge is 2.24. The number of rotatable bonds is 4. The molecule has 2 aliphatic rings. The number of nitrogens with zero attached hydrogens (tertiary/aromatic N) is 1. The van der Waals surface area contributed by atoms with Crippen LogP contribution in [-0.2, 0) is 14.6 Å². The van der Waals surface area contributed by atoms with E-state index in [0.717, 1.165) is 24.5 Å². The molecule has 1 fully saturated rings. The van der Waals surface area contributed by atoms with Gasteiger partial charge in [-0.2, -0.15) is 0 Å². The van der Waals surface area contributed by atoms with Crippen molar-refractivity contribution in [1.82, 2.24) is 0 Å². The summed E-state index contributed by atoms with van der Waals surface area (Å²) in [6.07, 6.45) is 4.16. The second-order valence-corrected chi connectivity index (χ2v) is 7.81. The van der Waals surface area contributed by atoms with Crippen molar-refractivity contribution in [3.8, 4) is 0 Å². The molecule has 1 unspecified atom stereocenters. The number of carbonyl (C=O) groups is 1. The van der Waals surface area contributed by atoms with Crippen molar-refractivity contribution in [3.63, 3.8) is 0 Å². The van der Waals surface area contributed by atoms with E-state index < -0.39 is 9.84 Å². The molecule has 1 atom stereocenters. The minimum atomic E-state index is -3.10. The van der Waals surface area contributed by atoms with E-state index in [4.69, 9.17) is 0 Å². The highest BCUT2D eigenvalue weighted by Crippen LogP contribution is 2.29. The lowest BCUT2D eigenvalue weighted by molar-refractivity contribution is -0.116. The Morgan fingerprint density at radius 2 is 1.95 bits per heavy atom. The Bertz CT molecular complexity index is 691. The molecule has 0 bridgehead atoms. The minimum Gasteiger partial charge on any atom is -0.370 e. The van der Waals surface area contributed by atoms with Crippen molar-refractivity contribution in [1.29, 1.82) is 0 Å². The molecular weight excluding hydrogens is 300 g/mol. The average molecular weight is 320 g/mol. The number of hydrogen-bond donors (Lipinski definition) is 1. The zero-order valence-electron chi connectivity index (χ0n) is 12.4. The highest BCUT2D eigenvalue weighted by molar-refractivity contribution is 7.94. The second-order valence-electron chi connectivity index (χ2n) is 5.88. The number of allylic oxidation sites excluding steroid dienone is 1. The predicted molar refractivity (Wildman–Crippen MR) is 87.6 cm³/mol. The first kappa shape index (κ1) is 15.1. The monoisotopic (exact) mass is 320 g/mol. The number of sulfone groups is 1. The fraction of sp³-hybridized carbons (Fsp3) is 0.438. The summed E-state index contributed by atoms with van der Waals surface area (Å²) in [5.41, 5.74) is 1.85. The van der Waals surface area contributed by atoms with Gasteiger partial charge in [-0.25, -0.2) is 8.42 Å². The standard InChI is InChI=1S/C16H20N2O3S/c19-16(11-13-7-10-22(20,21)12-13)17-14-5-1-2-6-15(14)18-8-3-4-9-18/h1-2,5-7,10,13H,3-4,8-9,11-12H2,(H,17,19). The molecule has 2 heterocycles. The summed E-state index contributed by atoms with van der Waals surface area (Å²) in [6, 6.07) is 7.78. The summed E-state index contributed by atoms with van der Waals surface area (Å²) in [5, 5.41) is 4.14. The zero-order valence-corrected chi connectivity index (χ0v) is 13.2. The number of carbonyl (C=O) groups excluding carboxylic acids is 1. The van der Waals surface area contributed by atoms with Crippen LogP contribution in [0.3, 0.4) is 0 Å². The maximum Gasteiger partial charge on any atom is 0.225 e. The van der Waals surface area contributed by atoms with Crippen LogP contribution in [0.4, 0.5) is 11.4 Å². The molecule has 1 aromatic carbocycles. The van der Waals surface area contributed by atoms with Gasteiger partial charge >= 0.3 is 0 Å². The fourth-order valence-corrected chi connectivity index (χ4v) is 4.42. The van der Waals surface area contributed by atoms with Crippen LogP contribution in [-0.4, -0.2) is 33.2 Å². The third-order valence-corrected chi connectivity index (χ3v) is 5.54. The Hall–Kier alpha value is -1.82. The van der Waals surface area contributed by atoms with Crippen molar-refractivity contribution < 1.29 is 13.2 Å². The molecule has 1 amide bonds. The van der Waals surface area contributed by atoms with Crippen LogP contribution in [0, 0.1) is 5.92 Å². The Balaban J connectivity index is 1.66. The molecule has 2 aliphatic heterocycles. The van der Waals surface area contributed by atoms with Crippen LogP contribution in [0.1, 0.15) is 19.3 Å². The topological polar surface area (TPSA) is 66.5 Å². The van der Waals surface area contributed by atoms with Gasteiger partial charge in [0.05, 0.1) is 17.1 Å². The van der Waals surface area contributed by atoms with Gasteiger partial charge in [0.2, 0.25) is 5.91 Å². The average Bonchev–Trinajstić information content (AvgIpc) is 3.09. The quantitative estimate of drug-likeness (QED) is 0.923. The van der Waals surface area contributed by atoms with Crippen LogP contribution < -0.4 is 10.2 Å². The number of nitrogens with one attached hydrogen (secondary N) is 1. The molecule has 118 valence electrons. The molecule has 0 aliphatic carbocycles. The lowest BCUT2D eigenvalue weighted by Gasteiger charge is -2.21. The molecule has 0 radical (unpaired) electrons. The fourth-order valence-electron chi connectivity index (χ4n) is 3.02. The molecular formula is C16H20N2O3S. The van der Waals surface area contributed by atoms with Crippen LogP contribution >= 0.6 is 0 Å². The third kappa shape index (κ3) is 3.50. The first-order chi connectivity index (χ1) is 10.5. The molecule has 3 rings (SSSR count). The first-order valence-electron chi connectivity index (χ1n) is 7.58. The van der Waals surface area contributed by atoms with Crippen molar-refractivity contribution in [2.45, 2.75) is 19.3 Å². The van der Waals surface area contributed by atoms with Gasteiger partial charge in [0, 0.05) is 30.8 Å². The predicted octanol–water partition coefficient (Wildman–Crippen LogP) is 2.17. The summed E-state index contributed by atoms with van der Waals surface area (Å²) in [4.78, 5) is 14.5. The van der Waals surface area contributed by atoms with E-state index in [9.17, 15) is 13.2 Å². The second kappa shape index (κ2) is 6.12. The van der Waals surface area contributed by atoms with E-state index in [1.807, 2.05) is 24.3 Å². The maximum absolute atomic E-state index is 12.2. The smallest absolute Gasteiger partial charge is 0.225 e. The highest BCUT2D eigenvalue weighted by atomic mass is 32.2. The van der Waals surface area contributed by atoms with E-state index >= 15 is 0 Å². The van der Waals surface area contributed by atoms with Crippen molar-refractivity contribution >= 4 is 27.1 Å². The van der Waals surface area contributed by atoms with Crippen LogP contribution in [0.5, 0.6) is 0 Å². The largest absolute Gasteiger partial charge is 0.370 e. The number of anilines is 2. The van der Waals surface area contributed by atoms with E-state index in [-0.39, 0.29) is 24.0 Å². The number of amides is 1. The van der Waals surface area contributed by atoms with E-state index in [1.54, 1.807) is 6.08 Å². The van der Waals surface area contributed by atoms with Crippen LogP contribution in [0.15, 0.2) is 35.7 Å². The molecule has 1 N–H and O–H groups in total. The first-order valence-corrected chi connectivity index (χ1v) is 9.30. The molecule has 1 saturated heterocycles. The number of hydrogen-bond acceptors (Lipinski definition) is 4. The van der Waals surface area contributed by atoms with E-state index in [0.29, 0.717) is 0 Å².